The second-order valence-corrected chi connectivity index (χ2v) is 4.00. The van der Waals surface area contributed by atoms with Crippen molar-refractivity contribution in [3.05, 3.63) is 18.2 Å². The van der Waals surface area contributed by atoms with Crippen LogP contribution in [-0.2, 0) is 18.3 Å². The molecule has 0 aliphatic rings. The number of imidazole rings is 1. The van der Waals surface area contributed by atoms with Crippen molar-refractivity contribution in [1.29, 1.82) is 0 Å². The van der Waals surface area contributed by atoms with E-state index in [9.17, 15) is 9.90 Å². The summed E-state index contributed by atoms with van der Waals surface area (Å²) in [6.07, 6.45) is 4.44. The Morgan fingerprint density at radius 1 is 1.65 bits per heavy atom. The predicted octanol–water partition coefficient (Wildman–Crippen LogP) is -2.20. The van der Waals surface area contributed by atoms with Gasteiger partial charge in [0.1, 0.15) is 0 Å². The average molecular weight is 250 g/mol. The number of aromatic nitrogens is 2. The molecule has 0 saturated heterocycles. The minimum atomic E-state index is -0.844. The maximum atomic E-state index is 11.0. The quantitative estimate of drug-likeness (QED) is 0.562. The van der Waals surface area contributed by atoms with Gasteiger partial charge in [0.2, 0.25) is 0 Å². The molecule has 1 aromatic rings. The number of rotatable bonds is 6. The van der Waals surface area contributed by atoms with Crippen LogP contribution in [0.5, 0.6) is 0 Å². The Labute approximate surface area is 125 Å². The number of aliphatic hydroxyl groups excluding tert-OH is 1. The first-order valence-corrected chi connectivity index (χ1v) is 5.39. The number of carbonyl (C=O) groups is 1. The van der Waals surface area contributed by atoms with Crippen molar-refractivity contribution in [2.45, 2.75) is 19.8 Å². The molecule has 0 spiro atoms. The molecular weight excluding hydrogens is 231 g/mol. The van der Waals surface area contributed by atoms with Gasteiger partial charge in [-0.1, -0.05) is 6.92 Å². The fourth-order valence-electron chi connectivity index (χ4n) is 1.89. The Hall–Kier alpha value is -0.360. The van der Waals surface area contributed by atoms with Crippen LogP contribution in [0.4, 0.5) is 0 Å². The molecule has 6 heteroatoms. The van der Waals surface area contributed by atoms with Gasteiger partial charge in [0.25, 0.3) is 0 Å². The summed E-state index contributed by atoms with van der Waals surface area (Å²) in [5.74, 6) is -1.60. The minimum Gasteiger partial charge on any atom is -1.00 e. The number of aliphatic hydroxyl groups is 1. The first kappa shape index (κ1) is 16.6. The Kier molecular flexibility index (Phi) is 7.70. The predicted molar refractivity (Wildman–Crippen MR) is 60.0 cm³/mol. The number of aliphatic carboxylic acids is 1. The Bertz CT molecular complexity index is 360. The van der Waals surface area contributed by atoms with Crippen molar-refractivity contribution in [2.75, 3.05) is 6.61 Å². The minimum absolute atomic E-state index is 0. The molecule has 1 heterocycles. The van der Waals surface area contributed by atoms with E-state index in [0.717, 1.165) is 5.69 Å². The van der Waals surface area contributed by atoms with E-state index >= 15 is 0 Å². The van der Waals surface area contributed by atoms with Crippen LogP contribution in [0, 0.1) is 11.8 Å². The van der Waals surface area contributed by atoms with Crippen LogP contribution in [0.25, 0.3) is 0 Å². The standard InChI is InChI=1S/C11H18N2O3.Na.H/c1-3-10(11(15)16)8(6-14)4-9-5-12-7-13(9)2;;/h5,7-8,10,14H,3-4,6H2,1-2H3,(H,15,16);;/q;+1;-1/t8-,10+;;/m0../s1. The molecule has 1 aromatic heterocycles. The molecule has 5 nitrogen and oxygen atoms in total. The van der Waals surface area contributed by atoms with Crippen LogP contribution in [0.2, 0.25) is 0 Å². The van der Waals surface area contributed by atoms with Gasteiger partial charge >= 0.3 is 35.5 Å². The van der Waals surface area contributed by atoms with Crippen LogP contribution in [-0.4, -0.2) is 32.3 Å². The molecule has 92 valence electrons. The molecule has 0 saturated carbocycles. The molecule has 0 aliphatic heterocycles. The first-order valence-electron chi connectivity index (χ1n) is 5.39. The summed E-state index contributed by atoms with van der Waals surface area (Å²) in [5.41, 5.74) is 0.943. The van der Waals surface area contributed by atoms with Gasteiger partial charge in [0, 0.05) is 31.5 Å². The van der Waals surface area contributed by atoms with Crippen LogP contribution in [0.1, 0.15) is 20.5 Å². The molecule has 2 atom stereocenters. The summed E-state index contributed by atoms with van der Waals surface area (Å²) in [4.78, 5) is 15.0. The van der Waals surface area contributed by atoms with Crippen LogP contribution >= 0.6 is 0 Å². The Balaban J connectivity index is 0. The van der Waals surface area contributed by atoms with Gasteiger partial charge in [0.15, 0.2) is 0 Å². The number of nitrogens with zero attached hydrogens (tertiary/aromatic N) is 2. The van der Waals surface area contributed by atoms with E-state index in [1.54, 1.807) is 12.5 Å². The van der Waals surface area contributed by atoms with Gasteiger partial charge in [-0.2, -0.15) is 0 Å². The fraction of sp³-hybridized carbons (Fsp3) is 0.636. The van der Waals surface area contributed by atoms with Crippen LogP contribution < -0.4 is 29.6 Å². The number of hydrogen-bond acceptors (Lipinski definition) is 3. The third-order valence-corrected chi connectivity index (χ3v) is 2.95. The van der Waals surface area contributed by atoms with E-state index in [-0.39, 0.29) is 43.5 Å². The fourth-order valence-corrected chi connectivity index (χ4v) is 1.89. The van der Waals surface area contributed by atoms with Gasteiger partial charge < -0.3 is 16.2 Å². The zero-order chi connectivity index (χ0) is 12.1. The van der Waals surface area contributed by atoms with Gasteiger partial charge in [-0.3, -0.25) is 4.79 Å². The number of hydrogen-bond donors (Lipinski definition) is 2. The maximum Gasteiger partial charge on any atom is 1.00 e. The summed E-state index contributed by atoms with van der Waals surface area (Å²) < 4.78 is 1.84. The van der Waals surface area contributed by atoms with Crippen molar-refractivity contribution < 1.29 is 46.0 Å². The molecular formula is C11H19N2NaO3. The van der Waals surface area contributed by atoms with E-state index in [4.69, 9.17) is 5.11 Å². The smallest absolute Gasteiger partial charge is 1.00 e. The number of carboxylic acid groups (broad SMARTS) is 1. The van der Waals surface area contributed by atoms with Crippen molar-refractivity contribution in [3.8, 4) is 0 Å². The molecule has 0 aromatic carbocycles. The largest absolute Gasteiger partial charge is 1.00 e. The molecule has 17 heavy (non-hydrogen) atoms. The van der Waals surface area contributed by atoms with Crippen LogP contribution in [0.15, 0.2) is 12.5 Å². The van der Waals surface area contributed by atoms with E-state index < -0.39 is 11.9 Å². The van der Waals surface area contributed by atoms with E-state index in [0.29, 0.717) is 12.8 Å². The summed E-state index contributed by atoms with van der Waals surface area (Å²) in [6.45, 7) is 1.71. The molecule has 0 radical (unpaired) electrons. The zero-order valence-electron chi connectivity index (χ0n) is 11.6. The van der Waals surface area contributed by atoms with Crippen molar-refractivity contribution >= 4 is 5.97 Å². The molecule has 0 fully saturated rings. The summed E-state index contributed by atoms with van der Waals surface area (Å²) in [6, 6.07) is 0. The van der Waals surface area contributed by atoms with Gasteiger partial charge in [0.05, 0.1) is 12.2 Å². The summed E-state index contributed by atoms with van der Waals surface area (Å²) in [7, 11) is 1.86. The molecule has 0 aliphatic carbocycles. The van der Waals surface area contributed by atoms with Gasteiger partial charge in [-0.05, 0) is 12.8 Å². The molecule has 0 bridgehead atoms. The molecule has 0 unspecified atom stereocenters. The summed E-state index contributed by atoms with van der Waals surface area (Å²) >= 11 is 0. The number of carboxylic acids is 1. The maximum absolute atomic E-state index is 11.0. The average Bonchev–Trinajstić information content (AvgIpc) is 2.63. The molecule has 2 N–H and O–H groups in total. The third kappa shape index (κ3) is 4.43. The third-order valence-electron chi connectivity index (χ3n) is 2.95. The molecule has 1 rings (SSSR count). The monoisotopic (exact) mass is 250 g/mol. The molecule has 0 amide bonds. The van der Waals surface area contributed by atoms with E-state index in [1.807, 2.05) is 18.5 Å². The van der Waals surface area contributed by atoms with Crippen molar-refractivity contribution in [1.82, 2.24) is 9.55 Å². The normalized spacial score (nSPS) is 13.8. The zero-order valence-corrected chi connectivity index (χ0v) is 12.6. The SMILES string of the molecule is CC[C@@H](C(=O)O)[C@H](CO)Cc1cncn1C.[H-].[Na+]. The summed E-state index contributed by atoms with van der Waals surface area (Å²) in [5, 5.41) is 18.3. The van der Waals surface area contributed by atoms with E-state index in [2.05, 4.69) is 4.98 Å². The van der Waals surface area contributed by atoms with Gasteiger partial charge in [-0.15, -0.1) is 0 Å². The van der Waals surface area contributed by atoms with Crippen LogP contribution in [0.3, 0.4) is 0 Å². The Morgan fingerprint density at radius 2 is 2.29 bits per heavy atom. The second-order valence-electron chi connectivity index (χ2n) is 4.00. The first-order chi connectivity index (χ1) is 7.60. The van der Waals surface area contributed by atoms with Crippen molar-refractivity contribution in [3.63, 3.8) is 0 Å². The van der Waals surface area contributed by atoms with E-state index in [1.165, 1.54) is 0 Å². The topological polar surface area (TPSA) is 75.3 Å². The Morgan fingerprint density at radius 3 is 2.65 bits per heavy atom. The second kappa shape index (κ2) is 7.87. The van der Waals surface area contributed by atoms with Gasteiger partial charge in [-0.25, -0.2) is 4.98 Å². The van der Waals surface area contributed by atoms with Crippen molar-refractivity contribution in [2.24, 2.45) is 18.9 Å². The number of aryl methyl sites for hydroxylation is 1.